The highest BCUT2D eigenvalue weighted by atomic mass is 16.4. The molecule has 4 N–H and O–H groups in total. The number of carbonyl (C=O) groups excluding carboxylic acids is 2. The number of rotatable bonds is 2. The first-order chi connectivity index (χ1) is 6.00. The molecular weight excluding hydrogens is 176 g/mol. The maximum atomic E-state index is 11.0. The van der Waals surface area contributed by atoms with Gasteiger partial charge in [-0.3, -0.25) is 19.7 Å². The van der Waals surface area contributed by atoms with Crippen LogP contribution in [0.2, 0.25) is 0 Å². The van der Waals surface area contributed by atoms with Crippen LogP contribution in [0.25, 0.3) is 0 Å². The smallest absolute Gasteiger partial charge is 0.321 e. The predicted octanol–water partition coefficient (Wildman–Crippen LogP) is -1.75. The molecule has 0 aromatic heterocycles. The summed E-state index contributed by atoms with van der Waals surface area (Å²) in [5.74, 6) is -2.09. The van der Waals surface area contributed by atoms with Gasteiger partial charge in [-0.2, -0.15) is 0 Å². The Morgan fingerprint density at radius 1 is 1.38 bits per heavy atom. The maximum absolute atomic E-state index is 11.0. The summed E-state index contributed by atoms with van der Waals surface area (Å²) in [5, 5.41) is 11.1. The summed E-state index contributed by atoms with van der Waals surface area (Å²) in [5.41, 5.74) is 4.95. The van der Waals surface area contributed by atoms with Gasteiger partial charge in [0.15, 0.2) is 0 Å². The Balaban J connectivity index is 2.68. The van der Waals surface area contributed by atoms with Crippen LogP contribution in [0.15, 0.2) is 0 Å². The molecule has 1 fully saturated rings. The average Bonchev–Trinajstić information content (AvgIpc) is 2.03. The number of carbonyl (C=O) groups is 3. The maximum Gasteiger partial charge on any atom is 0.321 e. The average molecular weight is 186 g/mol. The molecule has 6 nitrogen and oxygen atoms in total. The molecule has 0 aromatic rings. The van der Waals surface area contributed by atoms with E-state index in [4.69, 9.17) is 10.8 Å². The molecule has 0 saturated carbocycles. The number of ketones is 1. The molecule has 13 heavy (non-hydrogen) atoms. The zero-order valence-corrected chi connectivity index (χ0v) is 6.82. The van der Waals surface area contributed by atoms with Crippen LogP contribution in [-0.4, -0.2) is 34.8 Å². The number of nitrogens with one attached hydrogen (secondary N) is 1. The Morgan fingerprint density at radius 2 is 1.92 bits per heavy atom. The molecule has 0 aliphatic carbocycles. The van der Waals surface area contributed by atoms with E-state index in [0.717, 1.165) is 0 Å². The minimum atomic E-state index is -1.14. The molecule has 1 rings (SSSR count). The van der Waals surface area contributed by atoms with Gasteiger partial charge in [-0.15, -0.1) is 0 Å². The lowest BCUT2D eigenvalue weighted by atomic mass is 9.97. The number of Topliss-reactive ketones (excluding diaryl/α,β-unsaturated/α-hetero) is 1. The summed E-state index contributed by atoms with van der Waals surface area (Å²) in [4.78, 5) is 32.2. The Bertz CT molecular complexity index is 239. The molecule has 1 saturated heterocycles. The van der Waals surface area contributed by atoms with Crippen molar-refractivity contribution < 1.29 is 19.5 Å². The summed E-state index contributed by atoms with van der Waals surface area (Å²) < 4.78 is 0. The second-order valence-corrected chi connectivity index (χ2v) is 2.96. The van der Waals surface area contributed by atoms with Crippen LogP contribution in [0.5, 0.6) is 0 Å². The van der Waals surface area contributed by atoms with E-state index in [9.17, 15) is 14.4 Å². The van der Waals surface area contributed by atoms with Crippen molar-refractivity contribution in [3.05, 3.63) is 0 Å². The zero-order chi connectivity index (χ0) is 10.0. The Morgan fingerprint density at radius 3 is 2.38 bits per heavy atom. The third-order valence-corrected chi connectivity index (χ3v) is 1.91. The van der Waals surface area contributed by atoms with E-state index in [1.54, 1.807) is 0 Å². The van der Waals surface area contributed by atoms with Crippen molar-refractivity contribution in [1.29, 1.82) is 0 Å². The number of primary amides is 1. The molecule has 1 aliphatic rings. The number of carboxylic acid groups (broad SMARTS) is 1. The highest BCUT2D eigenvalue weighted by molar-refractivity contribution is 5.93. The van der Waals surface area contributed by atoms with Crippen molar-refractivity contribution in [2.75, 3.05) is 0 Å². The third kappa shape index (κ3) is 2.25. The van der Waals surface area contributed by atoms with Crippen LogP contribution in [0.3, 0.4) is 0 Å². The van der Waals surface area contributed by atoms with Crippen LogP contribution in [-0.2, 0) is 14.4 Å². The normalized spacial score (nSPS) is 28.5. The topological polar surface area (TPSA) is 109 Å². The van der Waals surface area contributed by atoms with E-state index < -0.39 is 24.0 Å². The van der Waals surface area contributed by atoms with Crippen molar-refractivity contribution in [3.63, 3.8) is 0 Å². The largest absolute Gasteiger partial charge is 0.480 e. The zero-order valence-electron chi connectivity index (χ0n) is 6.82. The van der Waals surface area contributed by atoms with E-state index in [1.807, 2.05) is 0 Å². The van der Waals surface area contributed by atoms with Gasteiger partial charge in [0, 0.05) is 12.8 Å². The van der Waals surface area contributed by atoms with Crippen LogP contribution >= 0.6 is 0 Å². The molecule has 1 amide bonds. The van der Waals surface area contributed by atoms with Gasteiger partial charge in [0.1, 0.15) is 11.8 Å². The van der Waals surface area contributed by atoms with Crippen LogP contribution in [0, 0.1) is 0 Å². The van der Waals surface area contributed by atoms with E-state index in [2.05, 4.69) is 5.32 Å². The van der Waals surface area contributed by atoms with Gasteiger partial charge < -0.3 is 10.8 Å². The van der Waals surface area contributed by atoms with Gasteiger partial charge >= 0.3 is 5.97 Å². The quantitative estimate of drug-likeness (QED) is 0.473. The predicted molar refractivity (Wildman–Crippen MR) is 41.8 cm³/mol. The minimum absolute atomic E-state index is 0.0148. The number of amides is 1. The lowest BCUT2D eigenvalue weighted by Gasteiger charge is -2.25. The van der Waals surface area contributed by atoms with Gasteiger partial charge in [-0.25, -0.2) is 0 Å². The van der Waals surface area contributed by atoms with Gasteiger partial charge in [0.25, 0.3) is 0 Å². The van der Waals surface area contributed by atoms with Gasteiger partial charge in [-0.05, 0) is 0 Å². The van der Waals surface area contributed by atoms with Crippen molar-refractivity contribution in [2.45, 2.75) is 24.9 Å². The first-order valence-electron chi connectivity index (χ1n) is 3.80. The summed E-state index contributed by atoms with van der Waals surface area (Å²) >= 11 is 0. The summed E-state index contributed by atoms with van der Waals surface area (Å²) in [6.45, 7) is 0. The number of hydrogen-bond acceptors (Lipinski definition) is 4. The Hall–Kier alpha value is -1.43. The first kappa shape index (κ1) is 9.66. The molecule has 1 heterocycles. The molecule has 72 valence electrons. The molecule has 6 heteroatoms. The van der Waals surface area contributed by atoms with E-state index in [1.165, 1.54) is 0 Å². The minimum Gasteiger partial charge on any atom is -0.480 e. The van der Waals surface area contributed by atoms with Crippen molar-refractivity contribution >= 4 is 17.7 Å². The van der Waals surface area contributed by atoms with Crippen LogP contribution in [0.4, 0.5) is 0 Å². The van der Waals surface area contributed by atoms with Crippen molar-refractivity contribution in [2.24, 2.45) is 5.73 Å². The lowest BCUT2D eigenvalue weighted by Crippen LogP contribution is -2.54. The van der Waals surface area contributed by atoms with Crippen molar-refractivity contribution in [1.82, 2.24) is 5.32 Å². The van der Waals surface area contributed by atoms with Crippen LogP contribution in [0.1, 0.15) is 12.8 Å². The number of piperidine rings is 1. The number of nitrogens with two attached hydrogens (primary N) is 1. The summed E-state index contributed by atoms with van der Waals surface area (Å²) in [6, 6.07) is -1.83. The SMILES string of the molecule is NC(=O)C1CC(=O)CC(C(=O)O)N1. The standard InChI is InChI=1S/C7H10N2O4/c8-6(11)4-1-3(10)2-5(9-4)7(12)13/h4-5,9H,1-2H2,(H2,8,11)(H,12,13). The van der Waals surface area contributed by atoms with E-state index >= 15 is 0 Å². The molecule has 0 aromatic carbocycles. The molecule has 2 atom stereocenters. The molecule has 0 spiro atoms. The third-order valence-electron chi connectivity index (χ3n) is 1.91. The molecule has 0 bridgehead atoms. The monoisotopic (exact) mass is 186 g/mol. The first-order valence-corrected chi connectivity index (χ1v) is 3.80. The van der Waals surface area contributed by atoms with Gasteiger partial charge in [0.05, 0.1) is 6.04 Å². The molecule has 0 radical (unpaired) electrons. The molecule has 1 aliphatic heterocycles. The fraction of sp³-hybridized carbons (Fsp3) is 0.571. The molecular formula is C7H10N2O4. The second-order valence-electron chi connectivity index (χ2n) is 2.96. The number of carboxylic acids is 1. The second kappa shape index (κ2) is 3.53. The summed E-state index contributed by atoms with van der Waals surface area (Å²) in [7, 11) is 0. The highest BCUT2D eigenvalue weighted by Crippen LogP contribution is 2.09. The molecule has 2 unspecified atom stereocenters. The lowest BCUT2D eigenvalue weighted by molar-refractivity contribution is -0.143. The van der Waals surface area contributed by atoms with E-state index in [0.29, 0.717) is 0 Å². The van der Waals surface area contributed by atoms with Crippen molar-refractivity contribution in [3.8, 4) is 0 Å². The number of aliphatic carboxylic acids is 1. The van der Waals surface area contributed by atoms with Gasteiger partial charge in [-0.1, -0.05) is 0 Å². The Kier molecular flexibility index (Phi) is 2.62. The summed E-state index contributed by atoms with van der Waals surface area (Å²) in [6.07, 6.45) is -0.0990. The fourth-order valence-electron chi connectivity index (χ4n) is 1.24. The van der Waals surface area contributed by atoms with E-state index in [-0.39, 0.29) is 18.6 Å². The highest BCUT2D eigenvalue weighted by Gasteiger charge is 2.33. The Labute approximate surface area is 74.1 Å². The number of hydrogen-bond donors (Lipinski definition) is 3. The fourth-order valence-corrected chi connectivity index (χ4v) is 1.24. The van der Waals surface area contributed by atoms with Gasteiger partial charge in [0.2, 0.25) is 5.91 Å². The van der Waals surface area contributed by atoms with Crippen LogP contribution < -0.4 is 11.1 Å².